The van der Waals surface area contributed by atoms with E-state index in [-0.39, 0.29) is 24.4 Å². The Morgan fingerprint density at radius 2 is 2.20 bits per heavy atom. The summed E-state index contributed by atoms with van der Waals surface area (Å²) in [5.41, 5.74) is 0.561. The number of nitro benzene ring substituents is 1. The number of benzene rings is 1. The highest BCUT2D eigenvalue weighted by atomic mass is 19.3. The summed E-state index contributed by atoms with van der Waals surface area (Å²) in [4.78, 5) is 10.3. The van der Waals surface area contributed by atoms with Crippen LogP contribution in [0.4, 0.5) is 14.5 Å². The summed E-state index contributed by atoms with van der Waals surface area (Å²) in [6.07, 6.45) is -1.29. The van der Waals surface area contributed by atoms with E-state index in [0.29, 0.717) is 10.9 Å². The van der Waals surface area contributed by atoms with Crippen LogP contribution in [0, 0.1) is 10.1 Å². The van der Waals surface area contributed by atoms with Gasteiger partial charge in [0.2, 0.25) is 5.88 Å². The fraction of sp³-hybridized carbons (Fsp3) is 0.417. The van der Waals surface area contributed by atoms with Gasteiger partial charge in [-0.3, -0.25) is 14.8 Å². The third kappa shape index (κ3) is 2.06. The Morgan fingerprint density at radius 3 is 2.80 bits per heavy atom. The summed E-state index contributed by atoms with van der Waals surface area (Å²) in [5.74, 6) is -2.52. The van der Waals surface area contributed by atoms with Gasteiger partial charge in [0.25, 0.3) is 11.6 Å². The van der Waals surface area contributed by atoms with Crippen LogP contribution in [0.15, 0.2) is 18.2 Å². The molecule has 106 valence electrons. The van der Waals surface area contributed by atoms with Gasteiger partial charge in [-0.2, -0.15) is 0 Å². The Morgan fingerprint density at radius 1 is 1.50 bits per heavy atom. The molecule has 3 rings (SSSR count). The van der Waals surface area contributed by atoms with E-state index in [0.717, 1.165) is 0 Å². The van der Waals surface area contributed by atoms with Gasteiger partial charge in [-0.05, 0) is 6.07 Å². The smallest absolute Gasteiger partial charge is 0.270 e. The van der Waals surface area contributed by atoms with E-state index in [4.69, 9.17) is 4.74 Å². The van der Waals surface area contributed by atoms with Crippen molar-refractivity contribution in [2.45, 2.75) is 24.9 Å². The van der Waals surface area contributed by atoms with Crippen LogP contribution in [-0.4, -0.2) is 26.7 Å². The number of alkyl halides is 2. The molecule has 0 unspecified atom stereocenters. The maximum atomic E-state index is 12.8. The molecule has 8 heteroatoms. The van der Waals surface area contributed by atoms with Gasteiger partial charge in [-0.25, -0.2) is 8.78 Å². The van der Waals surface area contributed by atoms with Gasteiger partial charge in [-0.1, -0.05) is 0 Å². The van der Waals surface area contributed by atoms with Gasteiger partial charge in [0.15, 0.2) is 0 Å². The Balaban J connectivity index is 1.94. The van der Waals surface area contributed by atoms with Gasteiger partial charge < -0.3 is 4.74 Å². The Hall–Kier alpha value is -2.25. The van der Waals surface area contributed by atoms with Crippen molar-refractivity contribution in [2.24, 2.45) is 7.05 Å². The fourth-order valence-corrected chi connectivity index (χ4v) is 2.27. The monoisotopic (exact) mass is 283 g/mol. The second kappa shape index (κ2) is 4.12. The number of nitrogens with zero attached hydrogens (tertiary/aromatic N) is 3. The van der Waals surface area contributed by atoms with Gasteiger partial charge in [0.05, 0.1) is 15.8 Å². The number of halogens is 2. The number of rotatable bonds is 3. The molecular formula is C12H11F2N3O3. The second-order valence-electron chi connectivity index (χ2n) is 4.89. The van der Waals surface area contributed by atoms with Crippen LogP contribution in [0.1, 0.15) is 12.8 Å². The minimum Gasteiger partial charge on any atom is -0.472 e. The lowest BCUT2D eigenvalue weighted by Gasteiger charge is -2.34. The van der Waals surface area contributed by atoms with Crippen LogP contribution in [0.2, 0.25) is 0 Å². The number of hydrogen-bond donors (Lipinski definition) is 0. The van der Waals surface area contributed by atoms with Crippen LogP contribution >= 0.6 is 0 Å². The Labute approximate surface area is 112 Å². The van der Waals surface area contributed by atoms with Crippen molar-refractivity contribution in [1.29, 1.82) is 0 Å². The average Bonchev–Trinajstić information content (AvgIpc) is 2.64. The van der Waals surface area contributed by atoms with E-state index in [1.807, 2.05) is 0 Å². The van der Waals surface area contributed by atoms with E-state index in [2.05, 4.69) is 5.10 Å². The molecule has 0 aliphatic heterocycles. The van der Waals surface area contributed by atoms with Crippen LogP contribution in [0.3, 0.4) is 0 Å². The molecule has 0 atom stereocenters. The molecule has 1 saturated carbocycles. The molecule has 0 radical (unpaired) electrons. The molecule has 6 nitrogen and oxygen atoms in total. The first-order chi connectivity index (χ1) is 9.35. The first kappa shape index (κ1) is 12.8. The molecule has 1 aromatic heterocycles. The number of aryl methyl sites for hydroxylation is 1. The Kier molecular flexibility index (Phi) is 2.63. The molecule has 0 spiro atoms. The highest BCUT2D eigenvalue weighted by molar-refractivity contribution is 5.86. The van der Waals surface area contributed by atoms with Gasteiger partial charge >= 0.3 is 0 Å². The number of ether oxygens (including phenoxy) is 1. The predicted octanol–water partition coefficient (Wildman–Crippen LogP) is 2.66. The molecule has 2 aromatic rings. The molecule has 1 aliphatic carbocycles. The zero-order chi connectivity index (χ0) is 14.5. The summed E-state index contributed by atoms with van der Waals surface area (Å²) in [6, 6.07) is 4.27. The molecule has 1 aromatic carbocycles. The van der Waals surface area contributed by atoms with E-state index in [9.17, 15) is 18.9 Å². The number of fused-ring (bicyclic) bond motifs is 1. The van der Waals surface area contributed by atoms with Crippen molar-refractivity contribution in [3.05, 3.63) is 28.3 Å². The van der Waals surface area contributed by atoms with E-state index in [1.54, 1.807) is 13.1 Å². The van der Waals surface area contributed by atoms with Crippen LogP contribution in [-0.2, 0) is 7.05 Å². The van der Waals surface area contributed by atoms with Crippen molar-refractivity contribution >= 4 is 16.6 Å². The average molecular weight is 283 g/mol. The van der Waals surface area contributed by atoms with Crippen LogP contribution in [0.25, 0.3) is 10.9 Å². The van der Waals surface area contributed by atoms with Crippen molar-refractivity contribution in [3.63, 3.8) is 0 Å². The van der Waals surface area contributed by atoms with Crippen LogP contribution < -0.4 is 4.74 Å². The highest BCUT2D eigenvalue weighted by Crippen LogP contribution is 2.40. The van der Waals surface area contributed by atoms with Gasteiger partial charge in [0, 0.05) is 32.0 Å². The first-order valence-corrected chi connectivity index (χ1v) is 6.01. The topological polar surface area (TPSA) is 70.2 Å². The van der Waals surface area contributed by atoms with Crippen molar-refractivity contribution in [3.8, 4) is 5.88 Å². The van der Waals surface area contributed by atoms with Crippen molar-refractivity contribution in [2.75, 3.05) is 0 Å². The lowest BCUT2D eigenvalue weighted by Crippen LogP contribution is -2.43. The standard InChI is InChI=1S/C12H11F2N3O3/c1-16-10-3-2-7(17(18)19)4-9(10)11(15-16)20-8-5-12(13,14)6-8/h2-4,8H,5-6H2,1H3. The molecule has 0 bridgehead atoms. The summed E-state index contributed by atoms with van der Waals surface area (Å²) < 4.78 is 32.5. The molecular weight excluding hydrogens is 272 g/mol. The minimum absolute atomic E-state index is 0.0886. The zero-order valence-electron chi connectivity index (χ0n) is 10.5. The summed E-state index contributed by atoms with van der Waals surface area (Å²) in [5, 5.41) is 15.3. The molecule has 0 amide bonds. The van der Waals surface area contributed by atoms with E-state index < -0.39 is 16.9 Å². The van der Waals surface area contributed by atoms with Gasteiger partial charge in [-0.15, -0.1) is 5.10 Å². The summed E-state index contributed by atoms with van der Waals surface area (Å²) >= 11 is 0. The highest BCUT2D eigenvalue weighted by Gasteiger charge is 2.47. The second-order valence-corrected chi connectivity index (χ2v) is 4.89. The SMILES string of the molecule is Cn1nc(OC2CC(F)(F)C2)c2cc([N+](=O)[O-])ccc21. The molecule has 1 fully saturated rings. The minimum atomic E-state index is -2.68. The van der Waals surface area contributed by atoms with Crippen molar-refractivity contribution < 1.29 is 18.4 Å². The summed E-state index contributed by atoms with van der Waals surface area (Å²) in [7, 11) is 1.66. The number of non-ortho nitro benzene ring substituents is 1. The Bertz CT molecular complexity index is 691. The molecule has 20 heavy (non-hydrogen) atoms. The zero-order valence-corrected chi connectivity index (χ0v) is 10.5. The third-order valence-corrected chi connectivity index (χ3v) is 3.34. The number of nitro groups is 1. The lowest BCUT2D eigenvalue weighted by atomic mass is 9.91. The summed E-state index contributed by atoms with van der Waals surface area (Å²) in [6.45, 7) is 0. The molecule has 1 aliphatic rings. The molecule has 1 heterocycles. The number of hydrogen-bond acceptors (Lipinski definition) is 4. The largest absolute Gasteiger partial charge is 0.472 e. The van der Waals surface area contributed by atoms with E-state index in [1.165, 1.54) is 16.8 Å². The van der Waals surface area contributed by atoms with Crippen molar-refractivity contribution in [1.82, 2.24) is 9.78 Å². The quantitative estimate of drug-likeness (QED) is 0.641. The molecule has 0 N–H and O–H groups in total. The lowest BCUT2D eigenvalue weighted by molar-refractivity contribution is -0.384. The first-order valence-electron chi connectivity index (χ1n) is 6.01. The van der Waals surface area contributed by atoms with E-state index >= 15 is 0 Å². The third-order valence-electron chi connectivity index (χ3n) is 3.34. The maximum Gasteiger partial charge on any atom is 0.270 e. The normalized spacial score (nSPS) is 17.9. The predicted molar refractivity (Wildman–Crippen MR) is 66.0 cm³/mol. The molecule has 0 saturated heterocycles. The van der Waals surface area contributed by atoms with Gasteiger partial charge in [0.1, 0.15) is 6.10 Å². The fourth-order valence-electron chi connectivity index (χ4n) is 2.27. The number of aromatic nitrogens is 2. The van der Waals surface area contributed by atoms with Crippen LogP contribution in [0.5, 0.6) is 5.88 Å². The maximum absolute atomic E-state index is 12.8.